The lowest BCUT2D eigenvalue weighted by atomic mass is 9.92. The molecule has 0 unspecified atom stereocenters. The molecule has 2 amide bonds. The molecular formula is C24H22F7N3O2. The van der Waals surface area contributed by atoms with Crippen LogP contribution in [-0.2, 0) is 12.1 Å². The van der Waals surface area contributed by atoms with Crippen LogP contribution in [0, 0.1) is 18.3 Å². The lowest BCUT2D eigenvalue weighted by Gasteiger charge is -2.30. The minimum Gasteiger partial charge on any atom is -0.334 e. The van der Waals surface area contributed by atoms with E-state index < -0.39 is 40.9 Å². The second-order valence-corrected chi connectivity index (χ2v) is 8.52. The van der Waals surface area contributed by atoms with Crippen molar-refractivity contribution < 1.29 is 40.3 Å². The van der Waals surface area contributed by atoms with E-state index in [0.29, 0.717) is 18.1 Å². The van der Waals surface area contributed by atoms with E-state index in [1.807, 2.05) is 6.07 Å². The molecule has 0 saturated heterocycles. The molecule has 0 heterocycles. The van der Waals surface area contributed by atoms with E-state index in [-0.39, 0.29) is 28.4 Å². The molecule has 0 aliphatic heterocycles. The highest BCUT2D eigenvalue weighted by molar-refractivity contribution is 6.13. The molecule has 0 saturated carbocycles. The standard InChI is InChI=1S/C24H22F7N3O2/c1-5-14-7-6-8-16(18(14)20(36)34-21(3,4)12-32)19(35)33-17-10-9-15(11-13(17)2)22(25,23(26,27)28)24(29,30)31/h6-11H,5H2,1-4H3,(H,33,35)(H,34,36). The molecule has 2 aromatic rings. The fraction of sp³-hybridized carbons (Fsp3) is 0.375. The number of nitriles is 1. The second kappa shape index (κ2) is 9.79. The summed E-state index contributed by atoms with van der Waals surface area (Å²) in [6, 6.07) is 7.61. The van der Waals surface area contributed by atoms with Crippen LogP contribution in [0.2, 0.25) is 0 Å². The number of carbonyl (C=O) groups excluding carboxylic acids is 2. The van der Waals surface area contributed by atoms with Gasteiger partial charge in [-0.15, -0.1) is 0 Å². The topological polar surface area (TPSA) is 82.0 Å². The number of nitrogens with zero attached hydrogens (tertiary/aromatic N) is 1. The smallest absolute Gasteiger partial charge is 0.334 e. The molecule has 2 aromatic carbocycles. The van der Waals surface area contributed by atoms with Crippen molar-refractivity contribution in [2.24, 2.45) is 0 Å². The molecule has 194 valence electrons. The van der Waals surface area contributed by atoms with Crippen LogP contribution >= 0.6 is 0 Å². The minimum atomic E-state index is -6.28. The van der Waals surface area contributed by atoms with Crippen molar-refractivity contribution in [3.05, 3.63) is 64.2 Å². The van der Waals surface area contributed by atoms with E-state index in [4.69, 9.17) is 0 Å². The van der Waals surface area contributed by atoms with Gasteiger partial charge in [0.2, 0.25) is 0 Å². The highest BCUT2D eigenvalue weighted by Gasteiger charge is 2.73. The summed E-state index contributed by atoms with van der Waals surface area (Å²) < 4.78 is 92.7. The maximum atomic E-state index is 14.4. The molecule has 5 nitrogen and oxygen atoms in total. The lowest BCUT2D eigenvalue weighted by Crippen LogP contribution is -2.50. The fourth-order valence-corrected chi connectivity index (χ4v) is 3.42. The fourth-order valence-electron chi connectivity index (χ4n) is 3.42. The Morgan fingerprint density at radius 1 is 0.944 bits per heavy atom. The minimum absolute atomic E-state index is 0.0491. The first-order valence-corrected chi connectivity index (χ1v) is 10.5. The van der Waals surface area contributed by atoms with Gasteiger partial charge < -0.3 is 10.6 Å². The van der Waals surface area contributed by atoms with Crippen LogP contribution in [0.5, 0.6) is 0 Å². The zero-order valence-electron chi connectivity index (χ0n) is 19.6. The molecule has 2 N–H and O–H groups in total. The number of benzene rings is 2. The number of hydrogen-bond acceptors (Lipinski definition) is 3. The predicted molar refractivity (Wildman–Crippen MR) is 117 cm³/mol. The van der Waals surface area contributed by atoms with Crippen LogP contribution in [0.25, 0.3) is 0 Å². The number of aryl methyl sites for hydroxylation is 2. The van der Waals surface area contributed by atoms with Crippen LogP contribution in [0.15, 0.2) is 36.4 Å². The third-order valence-corrected chi connectivity index (χ3v) is 5.36. The highest BCUT2D eigenvalue weighted by atomic mass is 19.4. The van der Waals surface area contributed by atoms with Crippen LogP contribution in [0.4, 0.5) is 36.4 Å². The first-order valence-electron chi connectivity index (χ1n) is 10.5. The predicted octanol–water partition coefficient (Wildman–Crippen LogP) is 6.13. The van der Waals surface area contributed by atoms with Crippen molar-refractivity contribution >= 4 is 17.5 Å². The van der Waals surface area contributed by atoms with Crippen LogP contribution in [-0.4, -0.2) is 29.7 Å². The van der Waals surface area contributed by atoms with Gasteiger partial charge in [0.25, 0.3) is 11.8 Å². The molecule has 0 aromatic heterocycles. The van der Waals surface area contributed by atoms with Gasteiger partial charge in [-0.05, 0) is 50.5 Å². The van der Waals surface area contributed by atoms with E-state index in [2.05, 4.69) is 10.6 Å². The van der Waals surface area contributed by atoms with Crippen LogP contribution < -0.4 is 10.6 Å². The number of carbonyl (C=O) groups is 2. The molecule has 0 aliphatic rings. The number of hydrogen-bond donors (Lipinski definition) is 2. The van der Waals surface area contributed by atoms with Crippen molar-refractivity contribution in [2.75, 3.05) is 5.32 Å². The number of rotatable bonds is 6. The quantitative estimate of drug-likeness (QED) is 0.453. The maximum absolute atomic E-state index is 14.4. The summed E-state index contributed by atoms with van der Waals surface area (Å²) in [6.45, 7) is 5.70. The van der Waals surface area contributed by atoms with Gasteiger partial charge in [-0.3, -0.25) is 9.59 Å². The molecular weight excluding hydrogens is 495 g/mol. The first-order chi connectivity index (χ1) is 16.4. The molecule has 12 heteroatoms. The normalized spacial score (nSPS) is 12.6. The van der Waals surface area contributed by atoms with Crippen molar-refractivity contribution in [3.63, 3.8) is 0 Å². The van der Waals surface area contributed by atoms with E-state index in [9.17, 15) is 45.6 Å². The highest BCUT2D eigenvalue weighted by Crippen LogP contribution is 2.53. The third-order valence-electron chi connectivity index (χ3n) is 5.36. The summed E-state index contributed by atoms with van der Waals surface area (Å²) in [5.41, 5.74) is -8.78. The van der Waals surface area contributed by atoms with E-state index >= 15 is 0 Å². The van der Waals surface area contributed by atoms with E-state index in [1.165, 1.54) is 26.0 Å². The Balaban J connectivity index is 2.49. The Morgan fingerprint density at radius 3 is 2.00 bits per heavy atom. The van der Waals surface area contributed by atoms with Crippen molar-refractivity contribution in [1.29, 1.82) is 5.26 Å². The lowest BCUT2D eigenvalue weighted by molar-refractivity contribution is -0.348. The zero-order valence-corrected chi connectivity index (χ0v) is 19.6. The monoisotopic (exact) mass is 517 g/mol. The molecule has 0 spiro atoms. The number of nitrogens with one attached hydrogen (secondary N) is 2. The molecule has 0 radical (unpaired) electrons. The Labute approximate surface area is 202 Å². The molecule has 0 aliphatic carbocycles. The van der Waals surface area contributed by atoms with Gasteiger partial charge in [0, 0.05) is 11.3 Å². The van der Waals surface area contributed by atoms with Crippen molar-refractivity contribution in [2.45, 2.75) is 57.7 Å². The Hall–Kier alpha value is -3.62. The van der Waals surface area contributed by atoms with Gasteiger partial charge in [0.15, 0.2) is 0 Å². The average Bonchev–Trinajstić information content (AvgIpc) is 2.77. The average molecular weight is 517 g/mol. The Morgan fingerprint density at radius 2 is 1.53 bits per heavy atom. The summed E-state index contributed by atoms with van der Waals surface area (Å²) in [7, 11) is 0. The molecule has 0 atom stereocenters. The number of amides is 2. The summed E-state index contributed by atoms with van der Waals surface area (Å²) in [4.78, 5) is 25.9. The van der Waals surface area contributed by atoms with Crippen LogP contribution in [0.3, 0.4) is 0 Å². The van der Waals surface area contributed by atoms with Crippen molar-refractivity contribution in [3.8, 4) is 6.07 Å². The Bertz CT molecular complexity index is 1200. The number of alkyl halides is 7. The van der Waals surface area contributed by atoms with E-state index in [0.717, 1.165) is 13.0 Å². The second-order valence-electron chi connectivity index (χ2n) is 8.52. The van der Waals surface area contributed by atoms with Gasteiger partial charge >= 0.3 is 18.0 Å². The SMILES string of the molecule is CCc1cccc(C(=O)Nc2ccc(C(F)(C(F)(F)F)C(F)(F)F)cc2C)c1C(=O)NC(C)(C)C#N. The largest absolute Gasteiger partial charge is 0.435 e. The molecule has 0 fully saturated rings. The summed E-state index contributed by atoms with van der Waals surface area (Å²) in [5, 5.41) is 14.0. The molecule has 36 heavy (non-hydrogen) atoms. The van der Waals surface area contributed by atoms with Crippen LogP contribution in [0.1, 0.15) is 58.2 Å². The van der Waals surface area contributed by atoms with Gasteiger partial charge in [0.1, 0.15) is 5.54 Å². The summed E-state index contributed by atoms with van der Waals surface area (Å²) in [6.07, 6.45) is -12.2. The molecule has 2 rings (SSSR count). The van der Waals surface area contributed by atoms with E-state index in [1.54, 1.807) is 13.0 Å². The Kier molecular flexibility index (Phi) is 7.78. The van der Waals surface area contributed by atoms with Gasteiger partial charge in [-0.2, -0.15) is 31.6 Å². The summed E-state index contributed by atoms with van der Waals surface area (Å²) in [5.74, 6) is -1.62. The first kappa shape index (κ1) is 28.6. The zero-order chi connectivity index (χ0) is 27.7. The van der Waals surface area contributed by atoms with Gasteiger partial charge in [-0.25, -0.2) is 4.39 Å². The van der Waals surface area contributed by atoms with Gasteiger partial charge in [-0.1, -0.05) is 31.2 Å². The van der Waals surface area contributed by atoms with Gasteiger partial charge in [0.05, 0.1) is 17.2 Å². The summed E-state index contributed by atoms with van der Waals surface area (Å²) >= 11 is 0. The number of anilines is 1. The maximum Gasteiger partial charge on any atom is 0.435 e. The third kappa shape index (κ3) is 5.45. The molecule has 0 bridgehead atoms. The number of halogens is 7. The van der Waals surface area contributed by atoms with Crippen molar-refractivity contribution in [1.82, 2.24) is 5.32 Å².